The lowest BCUT2D eigenvalue weighted by molar-refractivity contribution is 0.111. The lowest BCUT2D eigenvalue weighted by atomic mass is 10.0. The molecule has 0 spiro atoms. The van der Waals surface area contributed by atoms with Gasteiger partial charge in [0.15, 0.2) is 0 Å². The number of carbonyl (C=O) groups excluding carboxylic acids is 1. The molecule has 2 heterocycles. The lowest BCUT2D eigenvalue weighted by Gasteiger charge is -2.34. The number of likely N-dealkylation sites (tertiary alicyclic amines) is 1. The Morgan fingerprint density at radius 3 is 2.59 bits per heavy atom. The Balaban J connectivity index is 1.89. The molecule has 2 saturated heterocycles. The number of nitrogens with zero attached hydrogens (tertiary/aromatic N) is 2. The summed E-state index contributed by atoms with van der Waals surface area (Å²) in [6.07, 6.45) is 1.57. The summed E-state index contributed by atoms with van der Waals surface area (Å²) in [4.78, 5) is 25.8. The van der Waals surface area contributed by atoms with Gasteiger partial charge in [0.1, 0.15) is 0 Å². The first-order valence-electron chi connectivity index (χ1n) is 6.16. The van der Waals surface area contributed by atoms with Gasteiger partial charge in [0.05, 0.1) is 0 Å². The molecule has 2 rings (SSSR count). The SMILES string of the molecule is CCC1CN(C2CCN(C(=O)O)CC2)C(=O)N1. The number of amides is 3. The maximum Gasteiger partial charge on any atom is 0.407 e. The van der Waals surface area contributed by atoms with Gasteiger partial charge in [-0.3, -0.25) is 0 Å². The van der Waals surface area contributed by atoms with Crippen LogP contribution in [0.3, 0.4) is 0 Å². The predicted octanol–water partition coefficient (Wildman–Crippen LogP) is 0.933. The van der Waals surface area contributed by atoms with Crippen molar-refractivity contribution < 1.29 is 14.7 Å². The third-order valence-electron chi connectivity index (χ3n) is 3.67. The fourth-order valence-corrected chi connectivity index (χ4v) is 2.54. The Hall–Kier alpha value is -1.46. The van der Waals surface area contributed by atoms with Crippen LogP contribution >= 0.6 is 0 Å². The Morgan fingerprint density at radius 2 is 2.12 bits per heavy atom. The van der Waals surface area contributed by atoms with Crippen molar-refractivity contribution in [2.75, 3.05) is 19.6 Å². The maximum absolute atomic E-state index is 11.7. The van der Waals surface area contributed by atoms with Crippen molar-refractivity contribution in [2.45, 2.75) is 38.3 Å². The third kappa shape index (κ3) is 2.45. The molecule has 0 aromatic carbocycles. The molecule has 0 bridgehead atoms. The minimum absolute atomic E-state index is 0.00521. The van der Waals surface area contributed by atoms with Crippen molar-refractivity contribution in [2.24, 2.45) is 0 Å². The molecule has 17 heavy (non-hydrogen) atoms. The Bertz CT molecular complexity index is 313. The summed E-state index contributed by atoms with van der Waals surface area (Å²) in [6.45, 7) is 3.87. The smallest absolute Gasteiger partial charge is 0.407 e. The van der Waals surface area contributed by atoms with Crippen molar-refractivity contribution in [3.05, 3.63) is 0 Å². The van der Waals surface area contributed by atoms with E-state index in [1.807, 2.05) is 4.90 Å². The van der Waals surface area contributed by atoms with Crippen LogP contribution in [-0.2, 0) is 0 Å². The van der Waals surface area contributed by atoms with E-state index in [9.17, 15) is 9.59 Å². The normalized spacial score (nSPS) is 26.2. The first-order chi connectivity index (χ1) is 8.11. The molecule has 2 aliphatic rings. The number of carbonyl (C=O) groups is 2. The topological polar surface area (TPSA) is 72.9 Å². The van der Waals surface area contributed by atoms with E-state index < -0.39 is 6.09 Å². The van der Waals surface area contributed by atoms with Crippen LogP contribution < -0.4 is 5.32 Å². The van der Waals surface area contributed by atoms with Crippen molar-refractivity contribution in [1.82, 2.24) is 15.1 Å². The molecular formula is C11H19N3O3. The highest BCUT2D eigenvalue weighted by Gasteiger charge is 2.35. The molecule has 2 aliphatic heterocycles. The standard InChI is InChI=1S/C11H19N3O3/c1-2-8-7-14(10(15)12-8)9-3-5-13(6-4-9)11(16)17/h8-9H,2-7H2,1H3,(H,12,15)(H,16,17). The van der Waals surface area contributed by atoms with E-state index in [0.717, 1.165) is 25.8 Å². The second-order valence-corrected chi connectivity index (χ2v) is 4.71. The lowest BCUT2D eigenvalue weighted by Crippen LogP contribution is -2.47. The van der Waals surface area contributed by atoms with Gasteiger partial charge in [0, 0.05) is 31.7 Å². The minimum atomic E-state index is -0.860. The maximum atomic E-state index is 11.7. The van der Waals surface area contributed by atoms with Gasteiger partial charge in [0.25, 0.3) is 0 Å². The number of urea groups is 1. The zero-order valence-electron chi connectivity index (χ0n) is 10.1. The molecule has 2 fully saturated rings. The Labute approximate surface area is 101 Å². The fraction of sp³-hybridized carbons (Fsp3) is 0.818. The average Bonchev–Trinajstić information content (AvgIpc) is 2.71. The number of rotatable bonds is 2. The van der Waals surface area contributed by atoms with Crippen molar-refractivity contribution in [3.63, 3.8) is 0 Å². The molecule has 0 saturated carbocycles. The van der Waals surface area contributed by atoms with E-state index in [1.54, 1.807) is 0 Å². The quantitative estimate of drug-likeness (QED) is 0.755. The summed E-state index contributed by atoms with van der Waals surface area (Å²) in [5.41, 5.74) is 0. The summed E-state index contributed by atoms with van der Waals surface area (Å²) in [6, 6.07) is 0.452. The van der Waals surface area contributed by atoms with Crippen molar-refractivity contribution >= 4 is 12.1 Å². The van der Waals surface area contributed by atoms with E-state index >= 15 is 0 Å². The second-order valence-electron chi connectivity index (χ2n) is 4.71. The van der Waals surface area contributed by atoms with Crippen LogP contribution in [0.2, 0.25) is 0 Å². The molecule has 0 aliphatic carbocycles. The molecule has 1 unspecified atom stereocenters. The van der Waals surface area contributed by atoms with Gasteiger partial charge in [-0.1, -0.05) is 6.92 Å². The number of hydrogen-bond acceptors (Lipinski definition) is 2. The summed E-state index contributed by atoms with van der Waals surface area (Å²) in [5.74, 6) is 0. The monoisotopic (exact) mass is 241 g/mol. The molecule has 6 heteroatoms. The molecular weight excluding hydrogens is 222 g/mol. The highest BCUT2D eigenvalue weighted by molar-refractivity contribution is 5.77. The van der Waals surface area contributed by atoms with Gasteiger partial charge in [-0.15, -0.1) is 0 Å². The van der Waals surface area contributed by atoms with Gasteiger partial charge in [0.2, 0.25) is 0 Å². The van der Waals surface area contributed by atoms with Crippen molar-refractivity contribution in [3.8, 4) is 0 Å². The van der Waals surface area contributed by atoms with E-state index in [2.05, 4.69) is 12.2 Å². The first kappa shape index (κ1) is 12.0. The molecule has 96 valence electrons. The number of nitrogens with one attached hydrogen (secondary N) is 1. The van der Waals surface area contributed by atoms with Crippen LogP contribution in [0.1, 0.15) is 26.2 Å². The van der Waals surface area contributed by atoms with Crippen LogP contribution in [0, 0.1) is 0 Å². The Morgan fingerprint density at radius 1 is 1.47 bits per heavy atom. The van der Waals surface area contributed by atoms with Crippen LogP contribution in [0.4, 0.5) is 9.59 Å². The molecule has 3 amide bonds. The second kappa shape index (κ2) is 4.81. The van der Waals surface area contributed by atoms with Gasteiger partial charge in [-0.2, -0.15) is 0 Å². The molecule has 0 aromatic heterocycles. The van der Waals surface area contributed by atoms with E-state index in [-0.39, 0.29) is 18.1 Å². The number of carboxylic acid groups (broad SMARTS) is 1. The van der Waals surface area contributed by atoms with Crippen LogP contribution in [0.15, 0.2) is 0 Å². The van der Waals surface area contributed by atoms with Crippen molar-refractivity contribution in [1.29, 1.82) is 0 Å². The first-order valence-corrected chi connectivity index (χ1v) is 6.16. The molecule has 0 radical (unpaired) electrons. The largest absolute Gasteiger partial charge is 0.465 e. The van der Waals surface area contributed by atoms with Crippen LogP contribution in [-0.4, -0.2) is 58.7 Å². The molecule has 6 nitrogen and oxygen atoms in total. The van der Waals surface area contributed by atoms with Gasteiger partial charge in [-0.25, -0.2) is 9.59 Å². The zero-order chi connectivity index (χ0) is 12.4. The van der Waals surface area contributed by atoms with E-state index in [0.29, 0.717) is 13.1 Å². The highest BCUT2D eigenvalue weighted by atomic mass is 16.4. The number of hydrogen-bond donors (Lipinski definition) is 2. The zero-order valence-corrected chi connectivity index (χ0v) is 10.1. The van der Waals surface area contributed by atoms with E-state index in [1.165, 1.54) is 4.90 Å². The van der Waals surface area contributed by atoms with E-state index in [4.69, 9.17) is 5.11 Å². The summed E-state index contributed by atoms with van der Waals surface area (Å²) < 4.78 is 0. The summed E-state index contributed by atoms with van der Waals surface area (Å²) >= 11 is 0. The average molecular weight is 241 g/mol. The molecule has 1 atom stereocenters. The third-order valence-corrected chi connectivity index (χ3v) is 3.67. The highest BCUT2D eigenvalue weighted by Crippen LogP contribution is 2.20. The minimum Gasteiger partial charge on any atom is -0.465 e. The Kier molecular flexibility index (Phi) is 3.40. The summed E-state index contributed by atoms with van der Waals surface area (Å²) in [7, 11) is 0. The predicted molar refractivity (Wildman–Crippen MR) is 61.9 cm³/mol. The van der Waals surface area contributed by atoms with Gasteiger partial charge in [-0.05, 0) is 19.3 Å². The molecule has 2 N–H and O–H groups in total. The molecule has 0 aromatic rings. The summed E-state index contributed by atoms with van der Waals surface area (Å²) in [5, 5.41) is 11.8. The van der Waals surface area contributed by atoms with Gasteiger partial charge >= 0.3 is 12.1 Å². The van der Waals surface area contributed by atoms with Crippen LogP contribution in [0.25, 0.3) is 0 Å². The van der Waals surface area contributed by atoms with Gasteiger partial charge < -0.3 is 20.2 Å². The fourth-order valence-electron chi connectivity index (χ4n) is 2.54. The van der Waals surface area contributed by atoms with Crippen LogP contribution in [0.5, 0.6) is 0 Å². The number of piperidine rings is 1.